The van der Waals surface area contributed by atoms with Crippen molar-refractivity contribution in [3.8, 4) is 0 Å². The highest BCUT2D eigenvalue weighted by molar-refractivity contribution is 5.43. The van der Waals surface area contributed by atoms with Gasteiger partial charge in [0, 0.05) is 37.9 Å². The van der Waals surface area contributed by atoms with Crippen LogP contribution in [0.3, 0.4) is 0 Å². The van der Waals surface area contributed by atoms with Gasteiger partial charge in [-0.05, 0) is 50.8 Å². The molecule has 0 aliphatic carbocycles. The Morgan fingerprint density at radius 3 is 2.59 bits per heavy atom. The molecule has 2 aliphatic heterocycles. The molecule has 2 fully saturated rings. The average Bonchev–Trinajstić information content (AvgIpc) is 3.23. The normalized spacial score (nSPS) is 21.5. The van der Waals surface area contributed by atoms with Crippen molar-refractivity contribution in [2.75, 3.05) is 43.0 Å². The summed E-state index contributed by atoms with van der Waals surface area (Å²) in [5, 5.41) is 3.65. The molecule has 1 aromatic heterocycles. The molecule has 2 saturated heterocycles. The van der Waals surface area contributed by atoms with E-state index in [-0.39, 0.29) is 0 Å². The second kappa shape index (κ2) is 12.2. The maximum absolute atomic E-state index is 6.03. The van der Waals surface area contributed by atoms with E-state index >= 15 is 0 Å². The zero-order chi connectivity index (χ0) is 22.0. The predicted molar refractivity (Wildman–Crippen MR) is 131 cm³/mol. The molecule has 0 spiro atoms. The van der Waals surface area contributed by atoms with E-state index in [1.54, 1.807) is 0 Å². The summed E-state index contributed by atoms with van der Waals surface area (Å²) in [5.41, 5.74) is 1.23. The lowest BCUT2D eigenvalue weighted by Crippen LogP contribution is -2.42. The van der Waals surface area contributed by atoms with Crippen molar-refractivity contribution in [1.82, 2.24) is 14.9 Å². The maximum Gasteiger partial charge on any atom is 0.224 e. The molecule has 0 radical (unpaired) electrons. The van der Waals surface area contributed by atoms with Crippen molar-refractivity contribution in [2.24, 2.45) is 0 Å². The minimum Gasteiger partial charge on any atom is -0.375 e. The molecule has 0 amide bonds. The van der Waals surface area contributed by atoms with Gasteiger partial charge in [0.2, 0.25) is 5.95 Å². The van der Waals surface area contributed by atoms with E-state index in [9.17, 15) is 0 Å². The molecule has 2 aliphatic rings. The Bertz CT molecular complexity index is 794. The van der Waals surface area contributed by atoms with E-state index in [4.69, 9.17) is 9.72 Å². The Kier molecular flexibility index (Phi) is 8.74. The van der Waals surface area contributed by atoms with Gasteiger partial charge in [0.05, 0.1) is 13.2 Å². The molecule has 32 heavy (non-hydrogen) atoms. The summed E-state index contributed by atoms with van der Waals surface area (Å²) in [7, 11) is 0. The third-order valence-electron chi connectivity index (χ3n) is 6.70. The number of rotatable bonds is 8. The van der Waals surface area contributed by atoms with E-state index in [2.05, 4.69) is 57.4 Å². The van der Waals surface area contributed by atoms with Crippen LogP contribution in [0.4, 0.5) is 11.8 Å². The molecule has 0 saturated carbocycles. The molecule has 2 atom stereocenters. The van der Waals surface area contributed by atoms with Crippen LogP contribution < -0.4 is 10.2 Å². The molecule has 2 unspecified atom stereocenters. The van der Waals surface area contributed by atoms with E-state index in [0.29, 0.717) is 18.7 Å². The molecule has 3 heterocycles. The molecular weight excluding hydrogens is 398 g/mol. The molecule has 1 N–H and O–H groups in total. The van der Waals surface area contributed by atoms with E-state index in [1.165, 1.54) is 44.1 Å². The first-order chi connectivity index (χ1) is 15.8. The maximum atomic E-state index is 6.03. The van der Waals surface area contributed by atoms with Gasteiger partial charge in [-0.2, -0.15) is 4.98 Å². The SMILES string of the molecule is CC(COCc1ccccc1)N1CCCCC(Nc2nccc(N3CCCCCC3)n2)C1. The second-order valence-electron chi connectivity index (χ2n) is 9.32. The smallest absolute Gasteiger partial charge is 0.224 e. The van der Waals surface area contributed by atoms with Crippen molar-refractivity contribution in [3.63, 3.8) is 0 Å². The number of hydrogen-bond acceptors (Lipinski definition) is 6. The number of ether oxygens (including phenoxy) is 1. The van der Waals surface area contributed by atoms with Crippen LogP contribution in [0.25, 0.3) is 0 Å². The van der Waals surface area contributed by atoms with Crippen LogP contribution in [0.5, 0.6) is 0 Å². The summed E-state index contributed by atoms with van der Waals surface area (Å²) < 4.78 is 6.03. The van der Waals surface area contributed by atoms with Gasteiger partial charge in [-0.1, -0.05) is 49.6 Å². The first-order valence-corrected chi connectivity index (χ1v) is 12.5. The van der Waals surface area contributed by atoms with Gasteiger partial charge in [-0.15, -0.1) is 0 Å². The van der Waals surface area contributed by atoms with Gasteiger partial charge in [0.1, 0.15) is 5.82 Å². The molecule has 6 nitrogen and oxygen atoms in total. The summed E-state index contributed by atoms with van der Waals surface area (Å²) in [6.45, 7) is 8.06. The number of likely N-dealkylation sites (tertiary alicyclic amines) is 1. The highest BCUT2D eigenvalue weighted by atomic mass is 16.5. The Labute approximate surface area is 193 Å². The Morgan fingerprint density at radius 2 is 1.78 bits per heavy atom. The van der Waals surface area contributed by atoms with Crippen LogP contribution >= 0.6 is 0 Å². The number of nitrogens with zero attached hydrogens (tertiary/aromatic N) is 4. The van der Waals surface area contributed by atoms with Crippen LogP contribution in [0.1, 0.15) is 57.4 Å². The number of anilines is 2. The topological polar surface area (TPSA) is 53.5 Å². The van der Waals surface area contributed by atoms with Crippen molar-refractivity contribution in [2.45, 2.75) is 70.6 Å². The van der Waals surface area contributed by atoms with Gasteiger partial charge in [-0.25, -0.2) is 4.98 Å². The van der Waals surface area contributed by atoms with Gasteiger partial charge >= 0.3 is 0 Å². The second-order valence-corrected chi connectivity index (χ2v) is 9.32. The van der Waals surface area contributed by atoms with Crippen molar-refractivity contribution >= 4 is 11.8 Å². The minimum absolute atomic E-state index is 0.369. The number of aromatic nitrogens is 2. The van der Waals surface area contributed by atoms with Gasteiger partial charge < -0.3 is 15.0 Å². The molecule has 2 aromatic rings. The lowest BCUT2D eigenvalue weighted by atomic mass is 10.1. The standard InChI is InChI=1S/C26H39N5O/c1-22(20-32-21-23-11-5-4-6-12-23)31-18-10-7-13-24(19-31)28-26-27-15-14-25(29-26)30-16-8-2-3-9-17-30/h4-6,11-12,14-15,22,24H,2-3,7-10,13,16-21H2,1H3,(H,27,28,29). The van der Waals surface area contributed by atoms with E-state index < -0.39 is 0 Å². The fraction of sp³-hybridized carbons (Fsp3) is 0.615. The summed E-state index contributed by atoms with van der Waals surface area (Å²) in [4.78, 5) is 14.4. The van der Waals surface area contributed by atoms with Crippen LogP contribution in [0.2, 0.25) is 0 Å². The monoisotopic (exact) mass is 437 g/mol. The molecule has 0 bridgehead atoms. The fourth-order valence-electron chi connectivity index (χ4n) is 4.79. The Morgan fingerprint density at radius 1 is 1.00 bits per heavy atom. The van der Waals surface area contributed by atoms with Gasteiger partial charge in [0.15, 0.2) is 0 Å². The fourth-order valence-corrected chi connectivity index (χ4v) is 4.79. The lowest BCUT2D eigenvalue weighted by molar-refractivity contribution is 0.0574. The zero-order valence-corrected chi connectivity index (χ0v) is 19.6. The van der Waals surface area contributed by atoms with Crippen molar-refractivity contribution in [3.05, 3.63) is 48.2 Å². The molecule has 1 aromatic carbocycles. The summed E-state index contributed by atoms with van der Waals surface area (Å²) in [6.07, 6.45) is 10.7. The molecule has 174 valence electrons. The number of hydrogen-bond donors (Lipinski definition) is 1. The average molecular weight is 438 g/mol. The lowest BCUT2D eigenvalue weighted by Gasteiger charge is -2.30. The van der Waals surface area contributed by atoms with Crippen LogP contribution in [-0.2, 0) is 11.3 Å². The van der Waals surface area contributed by atoms with Crippen LogP contribution in [0.15, 0.2) is 42.6 Å². The minimum atomic E-state index is 0.369. The van der Waals surface area contributed by atoms with Gasteiger partial charge in [0.25, 0.3) is 0 Å². The molecular formula is C26H39N5O. The van der Waals surface area contributed by atoms with Crippen LogP contribution in [0, 0.1) is 0 Å². The quantitative estimate of drug-likeness (QED) is 0.644. The summed E-state index contributed by atoms with van der Waals surface area (Å²) >= 11 is 0. The third-order valence-corrected chi connectivity index (χ3v) is 6.70. The predicted octanol–water partition coefficient (Wildman–Crippen LogP) is 4.73. The highest BCUT2D eigenvalue weighted by Gasteiger charge is 2.23. The Balaban J connectivity index is 1.30. The van der Waals surface area contributed by atoms with Crippen molar-refractivity contribution < 1.29 is 4.74 Å². The Hall–Kier alpha value is -2.18. The first kappa shape index (κ1) is 23.0. The van der Waals surface area contributed by atoms with E-state index in [1.807, 2.05) is 12.3 Å². The van der Waals surface area contributed by atoms with E-state index in [0.717, 1.165) is 51.0 Å². The van der Waals surface area contributed by atoms with Crippen molar-refractivity contribution in [1.29, 1.82) is 0 Å². The molecule has 6 heteroatoms. The van der Waals surface area contributed by atoms with Crippen LogP contribution in [-0.4, -0.2) is 59.7 Å². The summed E-state index contributed by atoms with van der Waals surface area (Å²) in [5.74, 6) is 1.84. The summed E-state index contributed by atoms with van der Waals surface area (Å²) in [6, 6.07) is 13.2. The zero-order valence-electron chi connectivity index (χ0n) is 19.6. The van der Waals surface area contributed by atoms with Gasteiger partial charge in [-0.3, -0.25) is 4.90 Å². The number of benzene rings is 1. The first-order valence-electron chi connectivity index (χ1n) is 12.5. The highest BCUT2D eigenvalue weighted by Crippen LogP contribution is 2.20. The molecule has 4 rings (SSSR count). The third kappa shape index (κ3) is 6.91. The number of nitrogens with one attached hydrogen (secondary N) is 1. The largest absolute Gasteiger partial charge is 0.375 e.